The van der Waals surface area contributed by atoms with Gasteiger partial charge in [-0.25, -0.2) is 0 Å². The van der Waals surface area contributed by atoms with Crippen molar-refractivity contribution in [2.75, 3.05) is 20.0 Å². The fraction of sp³-hybridized carbons (Fsp3) is 0.368. The summed E-state index contributed by atoms with van der Waals surface area (Å²) in [7, 11) is 0.380. The summed E-state index contributed by atoms with van der Waals surface area (Å²) in [6, 6.07) is 0. The van der Waals surface area contributed by atoms with Crippen LogP contribution in [0, 0.1) is 76.0 Å². The van der Waals surface area contributed by atoms with Crippen LogP contribution in [0.5, 0.6) is 0 Å². The third-order valence-electron chi connectivity index (χ3n) is 2.11. The molecule has 21 heavy (non-hydrogen) atoms. The largest absolute Gasteiger partial charge is 0.116 e. The maximum absolute atomic E-state index is 2.23. The summed E-state index contributed by atoms with van der Waals surface area (Å²) >= 11 is 0. The molecule has 116 valence electrons. The SMILES string of the molecule is CP(C)C.C[C](C)[C](C)C.[CH]1[CH][CH][CH][CH]1.[CH]1[CH][CH][CH][CH]1.[Zr]. The van der Waals surface area contributed by atoms with Gasteiger partial charge < -0.3 is 0 Å². The molecule has 0 unspecified atom stereocenters. The monoisotopic (exact) mass is 380 g/mol. The van der Waals surface area contributed by atoms with Crippen LogP contribution in [0.4, 0.5) is 0 Å². The first-order chi connectivity index (χ1) is 9.37. The summed E-state index contributed by atoms with van der Waals surface area (Å²) in [5.41, 5.74) is 0. The van der Waals surface area contributed by atoms with Crippen LogP contribution in [0.1, 0.15) is 27.7 Å². The van der Waals surface area contributed by atoms with E-state index in [1.165, 1.54) is 11.8 Å². The second kappa shape index (κ2) is 21.3. The Labute approximate surface area is 157 Å². The van der Waals surface area contributed by atoms with E-state index in [2.05, 4.69) is 47.7 Å². The van der Waals surface area contributed by atoms with Crippen LogP contribution in [-0.4, -0.2) is 20.0 Å². The van der Waals surface area contributed by atoms with E-state index in [1.54, 1.807) is 0 Å². The van der Waals surface area contributed by atoms with E-state index in [0.717, 1.165) is 0 Å². The topological polar surface area (TPSA) is 0 Å². The molecule has 0 spiro atoms. The van der Waals surface area contributed by atoms with Gasteiger partial charge in [0.2, 0.25) is 0 Å². The Kier molecular flexibility index (Phi) is 27.6. The third kappa shape index (κ3) is 33.9. The zero-order valence-electron chi connectivity index (χ0n) is 14.7. The first kappa shape index (κ1) is 27.2. The predicted molar refractivity (Wildman–Crippen MR) is 96.9 cm³/mol. The molecular formula is C19H31PZr. The first-order valence-electron chi connectivity index (χ1n) is 6.92. The van der Waals surface area contributed by atoms with E-state index < -0.39 is 0 Å². The smallest absolute Gasteiger partial charge is 0 e. The molecule has 0 aromatic heterocycles. The summed E-state index contributed by atoms with van der Waals surface area (Å²) in [5.74, 6) is 2.85. The molecule has 12 radical (unpaired) electrons. The second-order valence-corrected chi connectivity index (χ2v) is 7.95. The third-order valence-corrected chi connectivity index (χ3v) is 2.11. The molecule has 0 bridgehead atoms. The minimum atomic E-state index is 0. The van der Waals surface area contributed by atoms with Crippen molar-refractivity contribution in [2.24, 2.45) is 0 Å². The van der Waals surface area contributed by atoms with Gasteiger partial charge in [0.15, 0.2) is 0 Å². The Hall–Kier alpha value is 1.31. The van der Waals surface area contributed by atoms with E-state index in [9.17, 15) is 0 Å². The van der Waals surface area contributed by atoms with Crippen LogP contribution in [-0.2, 0) is 26.2 Å². The van der Waals surface area contributed by atoms with E-state index >= 15 is 0 Å². The molecule has 2 saturated carbocycles. The zero-order valence-corrected chi connectivity index (χ0v) is 18.1. The van der Waals surface area contributed by atoms with Crippen molar-refractivity contribution in [3.05, 3.63) is 76.0 Å². The van der Waals surface area contributed by atoms with Gasteiger partial charge in [-0.05, 0) is 96.0 Å². The van der Waals surface area contributed by atoms with Gasteiger partial charge >= 0.3 is 0 Å². The minimum absolute atomic E-state index is 0. The molecule has 0 N–H and O–H groups in total. The summed E-state index contributed by atoms with van der Waals surface area (Å²) in [4.78, 5) is 0. The fourth-order valence-electron chi connectivity index (χ4n) is 0.642. The zero-order chi connectivity index (χ0) is 15.8. The van der Waals surface area contributed by atoms with Gasteiger partial charge in [0.25, 0.3) is 0 Å². The molecule has 0 heterocycles. The maximum atomic E-state index is 2.23. The van der Waals surface area contributed by atoms with Crippen LogP contribution in [0.3, 0.4) is 0 Å². The maximum Gasteiger partial charge on any atom is 0 e. The van der Waals surface area contributed by atoms with E-state index in [1.807, 2.05) is 64.2 Å². The normalized spacial score (nSPS) is 16.3. The Bertz CT molecular complexity index is 125. The molecule has 2 heteroatoms. The summed E-state index contributed by atoms with van der Waals surface area (Å²) in [6.45, 7) is 15.2. The molecule has 0 nitrogen and oxygen atoms in total. The Morgan fingerprint density at radius 2 is 0.571 bits per heavy atom. The number of hydrogen-bond donors (Lipinski definition) is 0. The minimum Gasteiger partial charge on any atom is -0.116 e. The van der Waals surface area contributed by atoms with Crippen LogP contribution >= 0.6 is 7.92 Å². The van der Waals surface area contributed by atoms with Gasteiger partial charge in [0, 0.05) is 26.2 Å². The van der Waals surface area contributed by atoms with Crippen molar-refractivity contribution >= 4 is 7.92 Å². The molecule has 0 aromatic rings. The Balaban J connectivity index is -0.000000204. The van der Waals surface area contributed by atoms with Crippen LogP contribution < -0.4 is 0 Å². The van der Waals surface area contributed by atoms with E-state index in [-0.39, 0.29) is 26.2 Å². The number of hydrogen-bond acceptors (Lipinski definition) is 0. The molecule has 2 aliphatic carbocycles. The molecule has 2 fully saturated rings. The fourth-order valence-corrected chi connectivity index (χ4v) is 0.642. The predicted octanol–water partition coefficient (Wildman–Crippen LogP) is 5.61. The van der Waals surface area contributed by atoms with Gasteiger partial charge in [-0.2, -0.15) is 0 Å². The quantitative estimate of drug-likeness (QED) is 0.518. The van der Waals surface area contributed by atoms with Gasteiger partial charge in [-0.1, -0.05) is 27.7 Å². The van der Waals surface area contributed by atoms with Gasteiger partial charge in [-0.15, -0.1) is 7.92 Å². The molecule has 0 saturated heterocycles. The average molecular weight is 382 g/mol. The van der Waals surface area contributed by atoms with Crippen molar-refractivity contribution in [1.82, 2.24) is 0 Å². The Morgan fingerprint density at radius 3 is 0.619 bits per heavy atom. The number of rotatable bonds is 1. The van der Waals surface area contributed by atoms with Crippen molar-refractivity contribution in [3.8, 4) is 0 Å². The van der Waals surface area contributed by atoms with Crippen molar-refractivity contribution in [1.29, 1.82) is 0 Å². The summed E-state index contributed by atoms with van der Waals surface area (Å²) in [6.07, 6.45) is 20.0. The van der Waals surface area contributed by atoms with E-state index in [0.29, 0.717) is 7.92 Å². The van der Waals surface area contributed by atoms with Gasteiger partial charge in [0.1, 0.15) is 0 Å². The molecule has 2 rings (SSSR count). The molecule has 0 amide bonds. The van der Waals surface area contributed by atoms with Crippen molar-refractivity contribution in [3.63, 3.8) is 0 Å². The second-order valence-electron chi connectivity index (χ2n) is 5.27. The van der Waals surface area contributed by atoms with Crippen molar-refractivity contribution < 1.29 is 26.2 Å². The average Bonchev–Trinajstić information content (AvgIpc) is 3.08. The van der Waals surface area contributed by atoms with Crippen LogP contribution in [0.15, 0.2) is 0 Å². The summed E-state index contributed by atoms with van der Waals surface area (Å²) < 4.78 is 0. The van der Waals surface area contributed by atoms with Crippen LogP contribution in [0.25, 0.3) is 0 Å². The Morgan fingerprint density at radius 1 is 0.476 bits per heavy atom. The van der Waals surface area contributed by atoms with Gasteiger partial charge in [-0.3, -0.25) is 0 Å². The molecule has 2 aliphatic rings. The molecule has 0 aromatic carbocycles. The van der Waals surface area contributed by atoms with E-state index in [4.69, 9.17) is 0 Å². The molecular weight excluding hydrogens is 350 g/mol. The van der Waals surface area contributed by atoms with Crippen molar-refractivity contribution in [2.45, 2.75) is 27.7 Å². The molecule has 0 atom stereocenters. The summed E-state index contributed by atoms with van der Waals surface area (Å²) in [5, 5.41) is 0. The van der Waals surface area contributed by atoms with Gasteiger partial charge in [0.05, 0.1) is 0 Å². The first-order valence-corrected chi connectivity index (χ1v) is 9.61. The molecule has 0 aliphatic heterocycles. The van der Waals surface area contributed by atoms with Crippen LogP contribution in [0.2, 0.25) is 0 Å². The standard InChI is InChI=1S/C6H12.2C5H5.C3H9P.Zr/c1-5(2)6(3)4;2*1-2-4-5-3-1;1-4(2)3;/h1-4H3;2*1-5H;1-3H3;.